The Hall–Kier alpha value is -1.78. The lowest BCUT2D eigenvalue weighted by molar-refractivity contribution is -0.112. The molecule has 2 rings (SSSR count). The molecule has 0 aliphatic carbocycles. The van der Waals surface area contributed by atoms with E-state index in [1.807, 2.05) is 0 Å². The van der Waals surface area contributed by atoms with Crippen LogP contribution in [0.3, 0.4) is 0 Å². The molecule has 84 valence electrons. The molecule has 1 aliphatic rings. The van der Waals surface area contributed by atoms with E-state index in [1.165, 1.54) is 12.4 Å². The van der Waals surface area contributed by atoms with Crippen molar-refractivity contribution in [3.05, 3.63) is 17.0 Å². The molecule has 0 saturated carbocycles. The lowest BCUT2D eigenvalue weighted by atomic mass is 10.3. The number of ether oxygens (including phenoxy) is 1. The van der Waals surface area contributed by atoms with Gasteiger partial charge in [-0.1, -0.05) is 13.3 Å². The molecule has 0 aromatic carbocycles. The quantitative estimate of drug-likeness (QED) is 0.649. The Kier molecular flexibility index (Phi) is 3.24. The van der Waals surface area contributed by atoms with Crippen LogP contribution >= 0.6 is 0 Å². The van der Waals surface area contributed by atoms with Crippen molar-refractivity contribution in [3.8, 4) is 5.88 Å². The van der Waals surface area contributed by atoms with Crippen molar-refractivity contribution in [2.45, 2.75) is 19.8 Å². The van der Waals surface area contributed by atoms with Crippen LogP contribution in [0.15, 0.2) is 11.3 Å². The Bertz CT molecular complexity index is 510. The molecule has 0 fully saturated rings. The number of rotatable bonds is 4. The second-order valence-electron chi connectivity index (χ2n) is 3.54. The first kappa shape index (κ1) is 10.7. The zero-order valence-electron chi connectivity index (χ0n) is 9.14. The summed E-state index contributed by atoms with van der Waals surface area (Å²) in [6.45, 7) is 2.86. The van der Waals surface area contributed by atoms with Crippen molar-refractivity contribution in [2.24, 2.45) is 4.99 Å². The summed E-state index contributed by atoms with van der Waals surface area (Å²) in [4.78, 5) is 23.3. The second kappa shape index (κ2) is 4.83. The van der Waals surface area contributed by atoms with E-state index in [0.717, 1.165) is 12.8 Å². The third-order valence-electron chi connectivity index (χ3n) is 2.24. The lowest BCUT2D eigenvalue weighted by Crippen LogP contribution is -2.36. The number of ketones is 1. The molecular formula is C11H13N3O2. The molecule has 0 spiro atoms. The van der Waals surface area contributed by atoms with Gasteiger partial charge in [-0.15, -0.1) is 0 Å². The number of carbonyl (C=O) groups excluding carboxylic acids is 1. The molecule has 5 heteroatoms. The molecule has 16 heavy (non-hydrogen) atoms. The Morgan fingerprint density at radius 1 is 1.44 bits per heavy atom. The molecule has 0 amide bonds. The average Bonchev–Trinajstić information content (AvgIpc) is 2.29. The molecule has 0 atom stereocenters. The standard InChI is InChI=1S/C11H13N3O2/c1-2-3-4-16-11-10-9(13-7-14-11)5-8(15)6-12-10/h5,7H,2-4,6H2,1H3. The van der Waals surface area contributed by atoms with Gasteiger partial charge in [-0.2, -0.15) is 4.98 Å². The summed E-state index contributed by atoms with van der Waals surface area (Å²) < 4.78 is 5.50. The van der Waals surface area contributed by atoms with Crippen LogP contribution in [0, 0.1) is 0 Å². The van der Waals surface area contributed by atoms with E-state index in [9.17, 15) is 4.79 Å². The zero-order chi connectivity index (χ0) is 11.4. The van der Waals surface area contributed by atoms with Crippen LogP contribution in [-0.4, -0.2) is 28.9 Å². The van der Waals surface area contributed by atoms with Gasteiger partial charge in [0.05, 0.1) is 12.0 Å². The molecule has 1 aromatic rings. The fraction of sp³-hybridized carbons (Fsp3) is 0.455. The van der Waals surface area contributed by atoms with Gasteiger partial charge < -0.3 is 4.74 Å². The van der Waals surface area contributed by atoms with Crippen molar-refractivity contribution in [2.75, 3.05) is 13.2 Å². The Labute approximate surface area is 92.9 Å². The van der Waals surface area contributed by atoms with Gasteiger partial charge in [-0.05, 0) is 6.42 Å². The first-order chi connectivity index (χ1) is 7.81. The smallest absolute Gasteiger partial charge is 0.243 e. The molecule has 1 aromatic heterocycles. The Morgan fingerprint density at radius 3 is 3.12 bits per heavy atom. The van der Waals surface area contributed by atoms with Gasteiger partial charge in [0, 0.05) is 6.08 Å². The van der Waals surface area contributed by atoms with E-state index in [-0.39, 0.29) is 12.3 Å². The maximum atomic E-state index is 11.1. The molecule has 0 unspecified atom stereocenters. The first-order valence-electron chi connectivity index (χ1n) is 5.34. The second-order valence-corrected chi connectivity index (χ2v) is 3.54. The number of nitrogens with zero attached hydrogens (tertiary/aromatic N) is 3. The van der Waals surface area contributed by atoms with E-state index in [1.54, 1.807) is 0 Å². The molecule has 0 radical (unpaired) electrons. The van der Waals surface area contributed by atoms with Crippen LogP contribution < -0.4 is 15.4 Å². The predicted molar refractivity (Wildman–Crippen MR) is 57.6 cm³/mol. The largest absolute Gasteiger partial charge is 0.476 e. The van der Waals surface area contributed by atoms with Crippen LogP contribution in [-0.2, 0) is 4.79 Å². The van der Waals surface area contributed by atoms with E-state index in [4.69, 9.17) is 4.74 Å². The van der Waals surface area contributed by atoms with Crippen LogP contribution in [0.5, 0.6) is 5.88 Å². The van der Waals surface area contributed by atoms with Crippen LogP contribution in [0.25, 0.3) is 6.08 Å². The highest BCUT2D eigenvalue weighted by Gasteiger charge is 2.08. The molecule has 0 N–H and O–H groups in total. The van der Waals surface area contributed by atoms with Gasteiger partial charge in [0.25, 0.3) is 0 Å². The number of hydrogen-bond donors (Lipinski definition) is 0. The monoisotopic (exact) mass is 219 g/mol. The zero-order valence-corrected chi connectivity index (χ0v) is 9.14. The maximum absolute atomic E-state index is 11.1. The fourth-order valence-electron chi connectivity index (χ4n) is 1.40. The summed E-state index contributed by atoms with van der Waals surface area (Å²) in [5.74, 6) is 0.438. The first-order valence-corrected chi connectivity index (χ1v) is 5.34. The van der Waals surface area contributed by atoms with Crippen molar-refractivity contribution in [3.63, 3.8) is 0 Å². The normalized spacial score (nSPS) is 13.7. The SMILES string of the molecule is CCCCOc1ncnc2c1=NCC(=O)C=2. The number of aromatic nitrogens is 2. The molecule has 5 nitrogen and oxygen atoms in total. The minimum Gasteiger partial charge on any atom is -0.476 e. The summed E-state index contributed by atoms with van der Waals surface area (Å²) in [7, 11) is 0. The van der Waals surface area contributed by atoms with Gasteiger partial charge in [0.2, 0.25) is 5.88 Å². The number of unbranched alkanes of at least 4 members (excludes halogenated alkanes) is 1. The summed E-state index contributed by atoms with van der Waals surface area (Å²) in [6, 6.07) is 0. The topological polar surface area (TPSA) is 64.4 Å². The predicted octanol–water partition coefficient (Wildman–Crippen LogP) is -0.362. The summed E-state index contributed by atoms with van der Waals surface area (Å²) in [5.41, 5.74) is 0. The summed E-state index contributed by atoms with van der Waals surface area (Å²) >= 11 is 0. The third-order valence-corrected chi connectivity index (χ3v) is 2.24. The summed E-state index contributed by atoms with van der Waals surface area (Å²) in [5, 5.41) is 1.15. The van der Waals surface area contributed by atoms with Crippen LogP contribution in [0.2, 0.25) is 0 Å². The highest BCUT2D eigenvalue weighted by Crippen LogP contribution is 1.97. The van der Waals surface area contributed by atoms with Crippen molar-refractivity contribution in [1.29, 1.82) is 0 Å². The molecule has 1 aliphatic heterocycles. The average molecular weight is 219 g/mol. The van der Waals surface area contributed by atoms with Crippen LogP contribution in [0.1, 0.15) is 19.8 Å². The minimum absolute atomic E-state index is 0.0364. The van der Waals surface area contributed by atoms with Crippen LogP contribution in [0.4, 0.5) is 0 Å². The number of Topliss-reactive ketones (excluding diaryl/α,β-unsaturated/α-hetero) is 1. The Morgan fingerprint density at radius 2 is 2.31 bits per heavy atom. The van der Waals surface area contributed by atoms with E-state index >= 15 is 0 Å². The number of fused-ring (bicyclic) bond motifs is 1. The molecule has 2 heterocycles. The Balaban J connectivity index is 2.31. The van der Waals surface area contributed by atoms with Crippen molar-refractivity contribution in [1.82, 2.24) is 9.97 Å². The van der Waals surface area contributed by atoms with Gasteiger partial charge in [0.15, 0.2) is 5.78 Å². The van der Waals surface area contributed by atoms with Gasteiger partial charge in [-0.3, -0.25) is 9.79 Å². The number of hydrogen-bond acceptors (Lipinski definition) is 5. The van der Waals surface area contributed by atoms with Gasteiger partial charge in [0.1, 0.15) is 18.2 Å². The van der Waals surface area contributed by atoms with E-state index < -0.39 is 0 Å². The van der Waals surface area contributed by atoms with Crippen molar-refractivity contribution >= 4 is 11.9 Å². The van der Waals surface area contributed by atoms with E-state index in [2.05, 4.69) is 21.9 Å². The van der Waals surface area contributed by atoms with E-state index in [0.29, 0.717) is 23.2 Å². The molecule has 0 saturated heterocycles. The van der Waals surface area contributed by atoms with Crippen molar-refractivity contribution < 1.29 is 9.53 Å². The molecular weight excluding hydrogens is 206 g/mol. The maximum Gasteiger partial charge on any atom is 0.243 e. The molecule has 0 bridgehead atoms. The minimum atomic E-state index is -0.0364. The highest BCUT2D eigenvalue weighted by atomic mass is 16.5. The number of carbonyl (C=O) groups is 1. The summed E-state index contributed by atoms with van der Waals surface area (Å²) in [6.07, 6.45) is 4.91. The fourth-order valence-corrected chi connectivity index (χ4v) is 1.40. The lowest BCUT2D eigenvalue weighted by Gasteiger charge is -2.05. The van der Waals surface area contributed by atoms with Gasteiger partial charge >= 0.3 is 0 Å². The highest BCUT2D eigenvalue weighted by molar-refractivity contribution is 6.07. The van der Waals surface area contributed by atoms with Gasteiger partial charge in [-0.25, -0.2) is 4.98 Å². The third kappa shape index (κ3) is 2.24.